The van der Waals surface area contributed by atoms with Crippen molar-refractivity contribution < 1.29 is 44.2 Å². The summed E-state index contributed by atoms with van der Waals surface area (Å²) in [6.07, 6.45) is -7.41. The van der Waals surface area contributed by atoms with E-state index >= 15 is 0 Å². The lowest BCUT2D eigenvalue weighted by atomic mass is 9.96. The number of carbonyl (C=O) groups is 2. The Labute approximate surface area is 133 Å². The maximum Gasteiger partial charge on any atom is 0.335 e. The summed E-state index contributed by atoms with van der Waals surface area (Å²) in [6.45, 7) is 2.03. The Hall–Kier alpha value is -1.30. The number of hydrogen-bond acceptors (Lipinski definition) is 8. The number of amides is 1. The van der Waals surface area contributed by atoms with E-state index in [1.807, 2.05) is 0 Å². The summed E-state index contributed by atoms with van der Waals surface area (Å²) in [5.41, 5.74) is 0. The summed E-state index contributed by atoms with van der Waals surface area (Å²) in [5, 5.41) is 40.3. The van der Waals surface area contributed by atoms with Crippen molar-refractivity contribution in [3.8, 4) is 0 Å². The van der Waals surface area contributed by atoms with Gasteiger partial charge in [-0.15, -0.1) is 0 Å². The molecule has 4 unspecified atom stereocenters. The average Bonchev–Trinajstić information content (AvgIpc) is 2.48. The third kappa shape index (κ3) is 4.83. The van der Waals surface area contributed by atoms with E-state index in [0.717, 1.165) is 0 Å². The molecule has 0 aliphatic carbocycles. The van der Waals surface area contributed by atoms with Gasteiger partial charge in [-0.3, -0.25) is 4.79 Å². The molecule has 0 aromatic rings. The molecule has 0 aromatic heterocycles. The van der Waals surface area contributed by atoms with Gasteiger partial charge in [-0.1, -0.05) is 0 Å². The fourth-order valence-electron chi connectivity index (χ4n) is 2.35. The van der Waals surface area contributed by atoms with Crippen LogP contribution in [0, 0.1) is 0 Å². The SMILES string of the molecule is CO[C@@H]1C(CO)O[C@H](O[C@@H](C)C(O)C(=O)O)C(NC(C)=O)C1O. The van der Waals surface area contributed by atoms with Crippen LogP contribution < -0.4 is 5.32 Å². The molecule has 1 fully saturated rings. The van der Waals surface area contributed by atoms with Crippen molar-refractivity contribution in [3.05, 3.63) is 0 Å². The molecule has 1 heterocycles. The summed E-state index contributed by atoms with van der Waals surface area (Å²) in [5.74, 6) is -1.96. The number of rotatable bonds is 7. The molecule has 134 valence electrons. The van der Waals surface area contributed by atoms with Crippen molar-refractivity contribution in [2.24, 2.45) is 0 Å². The van der Waals surface area contributed by atoms with E-state index in [4.69, 9.17) is 19.3 Å². The Morgan fingerprint density at radius 2 is 2.00 bits per heavy atom. The van der Waals surface area contributed by atoms with Crippen LogP contribution in [0.3, 0.4) is 0 Å². The van der Waals surface area contributed by atoms with Gasteiger partial charge in [-0.2, -0.15) is 0 Å². The highest BCUT2D eigenvalue weighted by atomic mass is 16.7. The van der Waals surface area contributed by atoms with Gasteiger partial charge in [-0.05, 0) is 6.92 Å². The minimum Gasteiger partial charge on any atom is -0.479 e. The number of aliphatic hydroxyl groups is 3. The lowest BCUT2D eigenvalue weighted by Crippen LogP contribution is -2.65. The van der Waals surface area contributed by atoms with Gasteiger partial charge in [0, 0.05) is 14.0 Å². The number of methoxy groups -OCH3 is 1. The summed E-state index contributed by atoms with van der Waals surface area (Å²) >= 11 is 0. The van der Waals surface area contributed by atoms with Gasteiger partial charge in [-0.25, -0.2) is 4.79 Å². The van der Waals surface area contributed by atoms with Gasteiger partial charge in [0.1, 0.15) is 24.4 Å². The largest absolute Gasteiger partial charge is 0.479 e. The molecule has 1 aliphatic rings. The topological polar surface area (TPSA) is 155 Å². The van der Waals surface area contributed by atoms with Crippen LogP contribution in [0.5, 0.6) is 0 Å². The summed E-state index contributed by atoms with van der Waals surface area (Å²) < 4.78 is 15.8. The monoisotopic (exact) mass is 337 g/mol. The standard InChI is InChI=1S/C13H23NO9/c1-5(9(17)12(19)20)22-13-8(14-6(2)16)10(18)11(21-3)7(4-15)23-13/h5,7-11,13,15,17-18H,4H2,1-3H3,(H,14,16)(H,19,20)/t5-,7?,8?,9?,10?,11+,13-/m0/s1. The molecule has 0 radical (unpaired) electrons. The van der Waals surface area contributed by atoms with Crippen LogP contribution in [0.1, 0.15) is 13.8 Å². The molecule has 1 amide bonds. The summed E-state index contributed by atoms with van der Waals surface area (Å²) in [4.78, 5) is 22.1. The number of carbonyl (C=O) groups excluding carboxylic acids is 1. The predicted molar refractivity (Wildman–Crippen MR) is 74.3 cm³/mol. The van der Waals surface area contributed by atoms with E-state index in [1.165, 1.54) is 21.0 Å². The highest BCUT2D eigenvalue weighted by molar-refractivity contribution is 5.73. The third-order valence-corrected chi connectivity index (χ3v) is 3.54. The van der Waals surface area contributed by atoms with Gasteiger partial charge in [0.05, 0.1) is 12.7 Å². The second kappa shape index (κ2) is 8.52. The van der Waals surface area contributed by atoms with Crippen LogP contribution in [-0.4, -0.2) is 88.9 Å². The Balaban J connectivity index is 2.94. The number of aliphatic hydroxyl groups excluding tert-OH is 3. The lowest BCUT2D eigenvalue weighted by Gasteiger charge is -2.44. The molecule has 1 saturated heterocycles. The zero-order valence-corrected chi connectivity index (χ0v) is 13.1. The van der Waals surface area contributed by atoms with Crippen LogP contribution in [0.4, 0.5) is 0 Å². The molecule has 7 atom stereocenters. The predicted octanol–water partition coefficient (Wildman–Crippen LogP) is -2.57. The van der Waals surface area contributed by atoms with E-state index < -0.39 is 61.3 Å². The van der Waals surface area contributed by atoms with Gasteiger partial charge in [0.15, 0.2) is 12.4 Å². The first-order chi connectivity index (χ1) is 10.7. The lowest BCUT2D eigenvalue weighted by molar-refractivity contribution is -0.289. The van der Waals surface area contributed by atoms with Crippen LogP contribution >= 0.6 is 0 Å². The number of ether oxygens (including phenoxy) is 3. The van der Waals surface area contributed by atoms with Crippen molar-refractivity contribution >= 4 is 11.9 Å². The molecule has 0 saturated carbocycles. The van der Waals surface area contributed by atoms with Gasteiger partial charge in [0.2, 0.25) is 5.91 Å². The van der Waals surface area contributed by atoms with Gasteiger partial charge in [0.25, 0.3) is 0 Å². The van der Waals surface area contributed by atoms with Crippen molar-refractivity contribution in [1.29, 1.82) is 0 Å². The highest BCUT2D eigenvalue weighted by Gasteiger charge is 2.47. The first-order valence-corrected chi connectivity index (χ1v) is 7.03. The zero-order chi connectivity index (χ0) is 17.7. The van der Waals surface area contributed by atoms with E-state index in [0.29, 0.717) is 0 Å². The molecule has 5 N–H and O–H groups in total. The zero-order valence-electron chi connectivity index (χ0n) is 13.1. The molecule has 1 rings (SSSR count). The first-order valence-electron chi connectivity index (χ1n) is 7.03. The van der Waals surface area contributed by atoms with Crippen LogP contribution in [0.15, 0.2) is 0 Å². The number of carboxylic acids is 1. The molecule has 0 spiro atoms. The van der Waals surface area contributed by atoms with Gasteiger partial charge < -0.3 is 40.0 Å². The number of hydrogen-bond donors (Lipinski definition) is 5. The maximum absolute atomic E-state index is 11.3. The molecule has 1 aliphatic heterocycles. The van der Waals surface area contributed by atoms with Crippen LogP contribution in [-0.2, 0) is 23.8 Å². The van der Waals surface area contributed by atoms with Crippen molar-refractivity contribution in [3.63, 3.8) is 0 Å². The fraction of sp³-hybridized carbons (Fsp3) is 0.846. The van der Waals surface area contributed by atoms with Gasteiger partial charge >= 0.3 is 5.97 Å². The Morgan fingerprint density at radius 1 is 1.39 bits per heavy atom. The molecular weight excluding hydrogens is 314 g/mol. The molecule has 23 heavy (non-hydrogen) atoms. The van der Waals surface area contributed by atoms with E-state index in [-0.39, 0.29) is 0 Å². The molecule has 0 bridgehead atoms. The van der Waals surface area contributed by atoms with E-state index in [1.54, 1.807) is 0 Å². The minimum atomic E-state index is -1.82. The molecule has 10 nitrogen and oxygen atoms in total. The number of aliphatic carboxylic acids is 1. The second-order valence-electron chi connectivity index (χ2n) is 5.27. The molecular formula is C13H23NO9. The smallest absolute Gasteiger partial charge is 0.335 e. The Morgan fingerprint density at radius 3 is 2.43 bits per heavy atom. The van der Waals surface area contributed by atoms with Crippen molar-refractivity contribution in [1.82, 2.24) is 5.32 Å². The van der Waals surface area contributed by atoms with Crippen LogP contribution in [0.2, 0.25) is 0 Å². The highest BCUT2D eigenvalue weighted by Crippen LogP contribution is 2.25. The fourth-order valence-corrected chi connectivity index (χ4v) is 2.35. The number of nitrogens with one attached hydrogen (secondary N) is 1. The maximum atomic E-state index is 11.3. The molecule has 10 heteroatoms. The third-order valence-electron chi connectivity index (χ3n) is 3.54. The van der Waals surface area contributed by atoms with Crippen molar-refractivity contribution in [2.75, 3.05) is 13.7 Å². The van der Waals surface area contributed by atoms with Crippen LogP contribution in [0.25, 0.3) is 0 Å². The van der Waals surface area contributed by atoms with E-state index in [2.05, 4.69) is 5.32 Å². The number of carboxylic acid groups (broad SMARTS) is 1. The second-order valence-corrected chi connectivity index (χ2v) is 5.27. The first kappa shape index (κ1) is 19.7. The van der Waals surface area contributed by atoms with E-state index in [9.17, 15) is 24.9 Å². The summed E-state index contributed by atoms with van der Waals surface area (Å²) in [6, 6.07) is -1.07. The van der Waals surface area contributed by atoms with Crippen molar-refractivity contribution in [2.45, 2.75) is 56.7 Å². The average molecular weight is 337 g/mol. The molecule has 0 aromatic carbocycles. The Bertz CT molecular complexity index is 418. The quantitative estimate of drug-likeness (QED) is 0.337. The normalized spacial score (nSPS) is 33.7. The minimum absolute atomic E-state index is 0.477. The summed E-state index contributed by atoms with van der Waals surface area (Å²) in [7, 11) is 1.31. The Kier molecular flexibility index (Phi) is 7.32.